The average molecular weight is 342 g/mol. The van der Waals surface area contributed by atoms with Gasteiger partial charge in [-0.3, -0.25) is 9.59 Å². The second-order valence-electron chi connectivity index (χ2n) is 5.86. The summed E-state index contributed by atoms with van der Waals surface area (Å²) in [6.45, 7) is 1.98. The number of fused-ring (bicyclic) bond motifs is 1. The van der Waals surface area contributed by atoms with Crippen molar-refractivity contribution in [1.82, 2.24) is 0 Å². The summed E-state index contributed by atoms with van der Waals surface area (Å²) in [7, 11) is 0. The summed E-state index contributed by atoms with van der Waals surface area (Å²) in [5, 5.41) is 13.6. The monoisotopic (exact) mass is 341 g/mol. The van der Waals surface area contributed by atoms with Crippen LogP contribution in [0.4, 0.5) is 5.69 Å². The molecule has 1 aliphatic heterocycles. The van der Waals surface area contributed by atoms with Gasteiger partial charge in [0.2, 0.25) is 0 Å². The molecular weight excluding hydrogens is 326 g/mol. The molecule has 2 N–H and O–H groups in total. The Morgan fingerprint density at radius 2 is 1.96 bits per heavy atom. The van der Waals surface area contributed by atoms with Crippen LogP contribution in [0.15, 0.2) is 48.5 Å². The summed E-state index contributed by atoms with van der Waals surface area (Å²) >= 11 is 6.11. The number of hydrogen-bond acceptors (Lipinski definition) is 3. The zero-order chi connectivity index (χ0) is 17.3. The van der Waals surface area contributed by atoms with Crippen molar-refractivity contribution in [2.75, 3.05) is 5.32 Å². The first-order valence-corrected chi connectivity index (χ1v) is 7.88. The minimum absolute atomic E-state index is 0.253. The molecule has 0 fully saturated rings. The number of aliphatic hydroxyl groups is 1. The van der Waals surface area contributed by atoms with Crippen LogP contribution in [0.2, 0.25) is 5.02 Å². The van der Waals surface area contributed by atoms with Gasteiger partial charge in [-0.25, -0.2) is 0 Å². The molecule has 0 unspecified atom stereocenters. The molecule has 2 aromatic rings. The second kappa shape index (κ2) is 6.23. The molecular formula is C19H16ClNO3. The van der Waals surface area contributed by atoms with Crippen LogP contribution < -0.4 is 5.32 Å². The first-order chi connectivity index (χ1) is 11.4. The molecule has 0 saturated carbocycles. The van der Waals surface area contributed by atoms with Gasteiger partial charge in [-0.05, 0) is 30.7 Å². The summed E-state index contributed by atoms with van der Waals surface area (Å²) in [6.07, 6.45) is 2.66. The normalized spacial score (nSPS) is 19.4. The van der Waals surface area contributed by atoms with Gasteiger partial charge in [-0.1, -0.05) is 53.6 Å². The number of nitrogens with one attached hydrogen (secondary N) is 1. The van der Waals surface area contributed by atoms with Gasteiger partial charge in [0, 0.05) is 16.3 Å². The number of hydrogen-bond donors (Lipinski definition) is 2. The lowest BCUT2D eigenvalue weighted by Gasteiger charge is -2.20. The van der Waals surface area contributed by atoms with Gasteiger partial charge in [0.15, 0.2) is 11.4 Å². The van der Waals surface area contributed by atoms with Gasteiger partial charge in [0.1, 0.15) is 0 Å². The van der Waals surface area contributed by atoms with Crippen molar-refractivity contribution in [3.8, 4) is 0 Å². The summed E-state index contributed by atoms with van der Waals surface area (Å²) in [6, 6.07) is 12.6. The summed E-state index contributed by atoms with van der Waals surface area (Å²) in [5.41, 5.74) is 0.749. The highest BCUT2D eigenvalue weighted by Crippen LogP contribution is 2.42. The van der Waals surface area contributed by atoms with Gasteiger partial charge < -0.3 is 10.4 Å². The van der Waals surface area contributed by atoms with Gasteiger partial charge in [-0.15, -0.1) is 0 Å². The fourth-order valence-electron chi connectivity index (χ4n) is 2.73. The van der Waals surface area contributed by atoms with Crippen LogP contribution in [0.25, 0.3) is 6.08 Å². The Hall–Kier alpha value is -2.43. The van der Waals surface area contributed by atoms with Gasteiger partial charge in [0.05, 0.1) is 6.42 Å². The van der Waals surface area contributed by atoms with Crippen molar-refractivity contribution in [2.24, 2.45) is 0 Å². The lowest BCUT2D eigenvalue weighted by Crippen LogP contribution is -2.36. The lowest BCUT2D eigenvalue weighted by atomic mass is 9.89. The number of benzene rings is 2. The average Bonchev–Trinajstić information content (AvgIpc) is 2.79. The number of anilines is 1. The molecule has 0 saturated heterocycles. The van der Waals surface area contributed by atoms with Gasteiger partial charge >= 0.3 is 0 Å². The number of allylic oxidation sites excluding steroid dienone is 1. The topological polar surface area (TPSA) is 66.4 Å². The molecule has 24 heavy (non-hydrogen) atoms. The molecule has 0 aromatic heterocycles. The zero-order valence-electron chi connectivity index (χ0n) is 13.0. The third kappa shape index (κ3) is 2.98. The van der Waals surface area contributed by atoms with E-state index in [0.29, 0.717) is 5.69 Å². The highest BCUT2D eigenvalue weighted by atomic mass is 35.5. The predicted octanol–water partition coefficient (Wildman–Crippen LogP) is 3.46. The Bertz CT molecular complexity index is 842. The molecule has 0 aliphatic carbocycles. The Labute approximate surface area is 144 Å². The Morgan fingerprint density at radius 1 is 1.25 bits per heavy atom. The minimum Gasteiger partial charge on any atom is -0.375 e. The highest BCUT2D eigenvalue weighted by molar-refractivity contribution is 6.33. The number of amides is 1. The van der Waals surface area contributed by atoms with Crippen LogP contribution in [0.3, 0.4) is 0 Å². The van der Waals surface area contributed by atoms with Crippen LogP contribution in [-0.4, -0.2) is 16.8 Å². The molecule has 3 rings (SSSR count). The van der Waals surface area contributed by atoms with Crippen LogP contribution >= 0.6 is 11.6 Å². The summed E-state index contributed by atoms with van der Waals surface area (Å²) in [4.78, 5) is 24.4. The SMILES string of the molecule is Cc1ccc(/C=C/C(=O)C[C@@]2(O)C(=O)Nc3cccc(Cl)c32)cc1. The van der Waals surface area contributed by atoms with E-state index in [9.17, 15) is 14.7 Å². The second-order valence-corrected chi connectivity index (χ2v) is 6.27. The first-order valence-electron chi connectivity index (χ1n) is 7.50. The maximum Gasteiger partial charge on any atom is 0.261 e. The maximum atomic E-state index is 12.2. The summed E-state index contributed by atoms with van der Waals surface area (Å²) in [5.74, 6) is -0.997. The van der Waals surface area contributed by atoms with E-state index in [0.717, 1.165) is 11.1 Å². The van der Waals surface area contributed by atoms with E-state index in [-0.39, 0.29) is 22.8 Å². The van der Waals surface area contributed by atoms with Gasteiger partial charge in [0.25, 0.3) is 5.91 Å². The molecule has 5 heteroatoms. The molecule has 1 amide bonds. The predicted molar refractivity (Wildman–Crippen MR) is 93.8 cm³/mol. The van der Waals surface area contributed by atoms with Crippen molar-refractivity contribution in [1.29, 1.82) is 0 Å². The van der Waals surface area contributed by atoms with Crippen LogP contribution in [0, 0.1) is 6.92 Å². The number of halogens is 1. The summed E-state index contributed by atoms with van der Waals surface area (Å²) < 4.78 is 0. The third-order valence-electron chi connectivity index (χ3n) is 4.02. The quantitative estimate of drug-likeness (QED) is 0.837. The third-order valence-corrected chi connectivity index (χ3v) is 4.34. The molecule has 4 nitrogen and oxygen atoms in total. The molecule has 2 aromatic carbocycles. The van der Waals surface area contributed by atoms with Crippen molar-refractivity contribution in [3.63, 3.8) is 0 Å². The van der Waals surface area contributed by atoms with Crippen LogP contribution in [0.1, 0.15) is 23.1 Å². The van der Waals surface area contributed by atoms with Crippen molar-refractivity contribution in [2.45, 2.75) is 18.9 Å². The molecule has 0 spiro atoms. The minimum atomic E-state index is -1.94. The Balaban J connectivity index is 1.82. The van der Waals surface area contributed by atoms with Gasteiger partial charge in [-0.2, -0.15) is 0 Å². The molecule has 1 heterocycles. The van der Waals surface area contributed by atoms with Crippen molar-refractivity contribution >= 4 is 35.1 Å². The fourth-order valence-corrected chi connectivity index (χ4v) is 3.07. The standard InChI is InChI=1S/C19H16ClNO3/c1-12-5-7-13(8-6-12)9-10-14(22)11-19(24)17-15(20)3-2-4-16(17)21-18(19)23/h2-10,24H,11H2,1H3,(H,21,23)/b10-9+/t19-/m0/s1. The van der Waals surface area contributed by atoms with Crippen LogP contribution in [0.5, 0.6) is 0 Å². The molecule has 1 atom stereocenters. The zero-order valence-corrected chi connectivity index (χ0v) is 13.8. The molecule has 0 bridgehead atoms. The Kier molecular flexibility index (Phi) is 4.26. The molecule has 0 radical (unpaired) electrons. The van der Waals surface area contributed by atoms with E-state index in [2.05, 4.69) is 5.32 Å². The van der Waals surface area contributed by atoms with E-state index in [1.54, 1.807) is 24.3 Å². The Morgan fingerprint density at radius 3 is 2.67 bits per heavy atom. The van der Waals surface area contributed by atoms with Crippen LogP contribution in [-0.2, 0) is 15.2 Å². The number of carbonyl (C=O) groups is 2. The smallest absolute Gasteiger partial charge is 0.261 e. The van der Waals surface area contributed by atoms with Crippen molar-refractivity contribution < 1.29 is 14.7 Å². The van der Waals surface area contributed by atoms with Crippen molar-refractivity contribution in [3.05, 3.63) is 70.3 Å². The number of aryl methyl sites for hydroxylation is 1. The maximum absolute atomic E-state index is 12.2. The number of ketones is 1. The number of carbonyl (C=O) groups excluding carboxylic acids is 2. The highest BCUT2D eigenvalue weighted by Gasteiger charge is 2.47. The molecule has 122 valence electrons. The fraction of sp³-hybridized carbons (Fsp3) is 0.158. The lowest BCUT2D eigenvalue weighted by molar-refractivity contribution is -0.138. The van der Waals surface area contributed by atoms with E-state index < -0.39 is 11.5 Å². The van der Waals surface area contributed by atoms with E-state index in [4.69, 9.17) is 11.6 Å². The van der Waals surface area contributed by atoms with E-state index in [1.807, 2.05) is 31.2 Å². The number of rotatable bonds is 4. The largest absolute Gasteiger partial charge is 0.375 e. The molecule has 1 aliphatic rings. The van der Waals surface area contributed by atoms with E-state index in [1.165, 1.54) is 6.08 Å². The first kappa shape index (κ1) is 16.4. The van der Waals surface area contributed by atoms with E-state index >= 15 is 0 Å².